The molecule has 1 atom stereocenters. The number of carbonyl (C=O) groups excluding carboxylic acids is 1. The molecule has 0 radical (unpaired) electrons. The molecule has 1 saturated carbocycles. The van der Waals surface area contributed by atoms with E-state index in [9.17, 15) is 4.79 Å². The zero-order valence-corrected chi connectivity index (χ0v) is 15.3. The summed E-state index contributed by atoms with van der Waals surface area (Å²) >= 11 is 0. The fourth-order valence-electron chi connectivity index (χ4n) is 2.89. The Labute approximate surface area is 145 Å². The van der Waals surface area contributed by atoms with Crippen molar-refractivity contribution in [2.24, 2.45) is 22.6 Å². The van der Waals surface area contributed by atoms with Crippen LogP contribution in [-0.4, -0.2) is 42.9 Å². The topological polar surface area (TPSA) is 70.7 Å². The van der Waals surface area contributed by atoms with E-state index in [1.807, 2.05) is 0 Å². The normalized spacial score (nSPS) is 22.6. The first-order valence-electron chi connectivity index (χ1n) is 8.00. The van der Waals surface area contributed by atoms with Gasteiger partial charge >= 0.3 is 0 Å². The summed E-state index contributed by atoms with van der Waals surface area (Å²) < 4.78 is 0. The number of hydrogen-bond donors (Lipinski definition) is 2. The third-order valence-corrected chi connectivity index (χ3v) is 4.14. The smallest absolute Gasteiger partial charge is 0.217 e. The minimum Gasteiger partial charge on any atom is -0.370 e. The molecule has 2 aliphatic rings. The van der Waals surface area contributed by atoms with Gasteiger partial charge in [0.2, 0.25) is 5.91 Å². The molecule has 3 N–H and O–H groups in total. The molecule has 0 aromatic heterocycles. The first-order valence-corrected chi connectivity index (χ1v) is 8.00. The van der Waals surface area contributed by atoms with Crippen molar-refractivity contribution < 1.29 is 4.79 Å². The van der Waals surface area contributed by atoms with Crippen LogP contribution in [0.5, 0.6) is 0 Å². The number of halogens is 1. The number of hydrogen-bond acceptors (Lipinski definition) is 2. The Hall–Kier alpha value is -0.530. The van der Waals surface area contributed by atoms with Crippen LogP contribution in [-0.2, 0) is 4.79 Å². The summed E-state index contributed by atoms with van der Waals surface area (Å²) in [6.45, 7) is 5.84. The van der Waals surface area contributed by atoms with E-state index >= 15 is 0 Å². The van der Waals surface area contributed by atoms with Crippen LogP contribution in [0.25, 0.3) is 0 Å². The standard InChI is InChI=1S/C15H28N4O.HI/c1-2-17-15(18-8-7-12-5-6-12)19-9-3-4-13(11-19)10-14(16)20;/h12-13H,2-11H2,1H3,(H2,16,20)(H,17,18);1H. The van der Waals surface area contributed by atoms with Crippen molar-refractivity contribution in [1.29, 1.82) is 0 Å². The Balaban J connectivity index is 0.00000220. The second kappa shape index (κ2) is 9.48. The molecule has 0 aromatic rings. The van der Waals surface area contributed by atoms with Gasteiger partial charge in [0.1, 0.15) is 0 Å². The minimum atomic E-state index is -0.187. The third kappa shape index (κ3) is 6.84. The molecule has 122 valence electrons. The average molecular weight is 408 g/mol. The van der Waals surface area contributed by atoms with E-state index in [1.54, 1.807) is 0 Å². The molecule has 5 nitrogen and oxygen atoms in total. The third-order valence-electron chi connectivity index (χ3n) is 4.14. The molecule has 0 spiro atoms. The summed E-state index contributed by atoms with van der Waals surface area (Å²) in [5.74, 6) is 2.13. The zero-order chi connectivity index (χ0) is 14.4. The van der Waals surface area contributed by atoms with Gasteiger partial charge in [0.05, 0.1) is 0 Å². The Morgan fingerprint density at radius 3 is 2.71 bits per heavy atom. The first kappa shape index (κ1) is 18.5. The number of carbonyl (C=O) groups is 1. The summed E-state index contributed by atoms with van der Waals surface area (Å²) in [6.07, 6.45) is 6.70. The number of guanidine groups is 1. The van der Waals surface area contributed by atoms with Gasteiger partial charge in [-0.25, -0.2) is 0 Å². The van der Waals surface area contributed by atoms with Crippen LogP contribution < -0.4 is 11.1 Å². The molecule has 0 bridgehead atoms. The summed E-state index contributed by atoms with van der Waals surface area (Å²) in [4.78, 5) is 18.1. The highest BCUT2D eigenvalue weighted by Crippen LogP contribution is 2.32. The lowest BCUT2D eigenvalue weighted by Crippen LogP contribution is -2.47. The molecule has 1 aliphatic carbocycles. The monoisotopic (exact) mass is 408 g/mol. The molecular formula is C15H29IN4O. The minimum absolute atomic E-state index is 0. The molecule has 1 unspecified atom stereocenters. The van der Waals surface area contributed by atoms with Crippen LogP contribution in [0.4, 0.5) is 0 Å². The maximum absolute atomic E-state index is 11.1. The number of nitrogens with one attached hydrogen (secondary N) is 1. The van der Waals surface area contributed by atoms with E-state index in [1.165, 1.54) is 19.3 Å². The van der Waals surface area contributed by atoms with Crippen LogP contribution in [0.15, 0.2) is 4.99 Å². The molecule has 1 saturated heterocycles. The van der Waals surface area contributed by atoms with E-state index < -0.39 is 0 Å². The molecule has 2 fully saturated rings. The lowest BCUT2D eigenvalue weighted by atomic mass is 9.95. The van der Waals surface area contributed by atoms with Gasteiger partial charge in [-0.3, -0.25) is 9.79 Å². The average Bonchev–Trinajstić information content (AvgIpc) is 3.21. The molecule has 1 aliphatic heterocycles. The molecule has 2 rings (SSSR count). The SMILES string of the molecule is CCNC(=NCCC1CC1)N1CCCC(CC(N)=O)C1.I. The summed E-state index contributed by atoms with van der Waals surface area (Å²) in [6, 6.07) is 0. The van der Waals surface area contributed by atoms with Gasteiger partial charge in [0.25, 0.3) is 0 Å². The van der Waals surface area contributed by atoms with E-state index in [2.05, 4.69) is 17.1 Å². The van der Waals surface area contributed by atoms with Crippen molar-refractivity contribution in [3.8, 4) is 0 Å². The second-order valence-electron chi connectivity index (χ2n) is 6.09. The number of nitrogens with two attached hydrogens (primary N) is 1. The Kier molecular flexibility index (Phi) is 8.36. The highest BCUT2D eigenvalue weighted by molar-refractivity contribution is 14.0. The maximum Gasteiger partial charge on any atom is 0.217 e. The fraction of sp³-hybridized carbons (Fsp3) is 0.867. The zero-order valence-electron chi connectivity index (χ0n) is 13.0. The van der Waals surface area contributed by atoms with Gasteiger partial charge in [0, 0.05) is 32.6 Å². The van der Waals surface area contributed by atoms with Crippen LogP contribution in [0.3, 0.4) is 0 Å². The van der Waals surface area contributed by atoms with Crippen LogP contribution in [0, 0.1) is 11.8 Å². The van der Waals surface area contributed by atoms with Crippen molar-refractivity contribution in [3.63, 3.8) is 0 Å². The Bertz CT molecular complexity index is 358. The van der Waals surface area contributed by atoms with E-state index in [0.29, 0.717) is 12.3 Å². The lowest BCUT2D eigenvalue weighted by molar-refractivity contribution is -0.119. The van der Waals surface area contributed by atoms with E-state index in [0.717, 1.165) is 50.9 Å². The van der Waals surface area contributed by atoms with Gasteiger partial charge in [-0.2, -0.15) is 0 Å². The number of rotatable bonds is 6. The van der Waals surface area contributed by atoms with Gasteiger partial charge in [-0.1, -0.05) is 12.8 Å². The van der Waals surface area contributed by atoms with Gasteiger partial charge in [-0.05, 0) is 38.0 Å². The highest BCUT2D eigenvalue weighted by atomic mass is 127. The summed E-state index contributed by atoms with van der Waals surface area (Å²) in [7, 11) is 0. The van der Waals surface area contributed by atoms with E-state index in [-0.39, 0.29) is 29.9 Å². The predicted molar refractivity (Wildman–Crippen MR) is 96.8 cm³/mol. The number of amides is 1. The van der Waals surface area contributed by atoms with Gasteiger partial charge in [0.15, 0.2) is 5.96 Å². The molecule has 6 heteroatoms. The van der Waals surface area contributed by atoms with Crippen molar-refractivity contribution in [2.45, 2.75) is 45.4 Å². The highest BCUT2D eigenvalue weighted by Gasteiger charge is 2.24. The van der Waals surface area contributed by atoms with Gasteiger partial charge < -0.3 is 16.0 Å². The first-order chi connectivity index (χ1) is 9.69. The quantitative estimate of drug-likeness (QED) is 0.401. The Morgan fingerprint density at radius 1 is 1.33 bits per heavy atom. The van der Waals surface area contributed by atoms with Crippen molar-refractivity contribution in [2.75, 3.05) is 26.2 Å². The van der Waals surface area contributed by atoms with Crippen molar-refractivity contribution >= 4 is 35.8 Å². The fourth-order valence-corrected chi connectivity index (χ4v) is 2.89. The number of piperidine rings is 1. The van der Waals surface area contributed by atoms with Crippen molar-refractivity contribution in [3.05, 3.63) is 0 Å². The van der Waals surface area contributed by atoms with Crippen LogP contribution in [0.1, 0.15) is 45.4 Å². The number of nitrogens with zero attached hydrogens (tertiary/aromatic N) is 2. The summed E-state index contributed by atoms with van der Waals surface area (Å²) in [5.41, 5.74) is 5.32. The molecule has 1 heterocycles. The van der Waals surface area contributed by atoms with Gasteiger partial charge in [-0.15, -0.1) is 24.0 Å². The van der Waals surface area contributed by atoms with Crippen molar-refractivity contribution in [1.82, 2.24) is 10.2 Å². The molecule has 0 aromatic carbocycles. The number of primary amides is 1. The maximum atomic E-state index is 11.1. The predicted octanol–water partition coefficient (Wildman–Crippen LogP) is 1.96. The van der Waals surface area contributed by atoms with E-state index in [4.69, 9.17) is 10.7 Å². The number of aliphatic imine (C=N–C) groups is 1. The van der Waals surface area contributed by atoms with Crippen LogP contribution >= 0.6 is 24.0 Å². The largest absolute Gasteiger partial charge is 0.370 e. The summed E-state index contributed by atoms with van der Waals surface area (Å²) in [5, 5.41) is 3.38. The number of likely N-dealkylation sites (tertiary alicyclic amines) is 1. The molecule has 21 heavy (non-hydrogen) atoms. The second-order valence-corrected chi connectivity index (χ2v) is 6.09. The lowest BCUT2D eigenvalue weighted by Gasteiger charge is -2.34. The van der Waals surface area contributed by atoms with Crippen LogP contribution in [0.2, 0.25) is 0 Å². The molecular weight excluding hydrogens is 379 g/mol. The molecule has 1 amide bonds. The Morgan fingerprint density at radius 2 is 2.10 bits per heavy atom.